The van der Waals surface area contributed by atoms with Crippen molar-refractivity contribution in [3.05, 3.63) is 65.2 Å². The average molecular weight is 436 g/mol. The predicted molar refractivity (Wildman–Crippen MR) is 112 cm³/mol. The number of para-hydroxylation sites is 1. The van der Waals surface area contributed by atoms with Crippen molar-refractivity contribution in [3.8, 4) is 12.0 Å². The number of anilines is 1. The number of rotatable bonds is 7. The molecule has 2 aromatic heterocycles. The summed E-state index contributed by atoms with van der Waals surface area (Å²) in [4.78, 5) is 40.4. The highest BCUT2D eigenvalue weighted by molar-refractivity contribution is 6.04. The van der Waals surface area contributed by atoms with Gasteiger partial charge < -0.3 is 21.5 Å². The Morgan fingerprint density at radius 1 is 1.06 bits per heavy atom. The van der Waals surface area contributed by atoms with Gasteiger partial charge in [0.1, 0.15) is 11.3 Å². The Bertz CT molecular complexity index is 1350. The van der Waals surface area contributed by atoms with Crippen LogP contribution in [0, 0.1) is 5.82 Å². The van der Waals surface area contributed by atoms with E-state index < -0.39 is 17.6 Å². The second-order valence-electron chi connectivity index (χ2n) is 6.60. The molecule has 4 aromatic rings. The van der Waals surface area contributed by atoms with Gasteiger partial charge >= 0.3 is 6.01 Å². The van der Waals surface area contributed by atoms with E-state index in [1.165, 1.54) is 29.9 Å². The minimum Gasteiger partial charge on any atom is -0.468 e. The normalized spacial score (nSPS) is 10.8. The molecule has 5 N–H and O–H groups in total. The van der Waals surface area contributed by atoms with Crippen molar-refractivity contribution in [1.29, 1.82) is 0 Å². The van der Waals surface area contributed by atoms with Gasteiger partial charge in [0.2, 0.25) is 17.7 Å². The lowest BCUT2D eigenvalue weighted by Gasteiger charge is -2.10. The van der Waals surface area contributed by atoms with Crippen LogP contribution in [0.3, 0.4) is 0 Å². The summed E-state index contributed by atoms with van der Waals surface area (Å²) in [7, 11) is 1.38. The van der Waals surface area contributed by atoms with E-state index in [0.717, 1.165) is 0 Å². The molecule has 0 fully saturated rings. The summed E-state index contributed by atoms with van der Waals surface area (Å²) in [5, 5.41) is 2.92. The summed E-state index contributed by atoms with van der Waals surface area (Å²) in [5.41, 5.74) is 12.3. The summed E-state index contributed by atoms with van der Waals surface area (Å²) in [6, 6.07) is 10.8. The van der Waals surface area contributed by atoms with Gasteiger partial charge in [-0.15, -0.1) is 0 Å². The van der Waals surface area contributed by atoms with Crippen molar-refractivity contribution in [2.45, 2.75) is 6.54 Å². The Kier molecular flexibility index (Phi) is 5.33. The lowest BCUT2D eigenvalue weighted by Crippen LogP contribution is -2.20. The fourth-order valence-electron chi connectivity index (χ4n) is 3.09. The second kappa shape index (κ2) is 8.26. The van der Waals surface area contributed by atoms with Gasteiger partial charge in [0.25, 0.3) is 11.8 Å². The molecule has 11 nitrogen and oxygen atoms in total. The molecule has 0 bridgehead atoms. The number of nitrogens with one attached hydrogen (secondary N) is 1. The van der Waals surface area contributed by atoms with Gasteiger partial charge in [-0.2, -0.15) is 19.9 Å². The molecule has 0 radical (unpaired) electrons. The first-order valence-electron chi connectivity index (χ1n) is 9.27. The number of carbonyl (C=O) groups excluding carboxylic acids is 2. The van der Waals surface area contributed by atoms with Crippen LogP contribution in [0.5, 0.6) is 6.01 Å². The average Bonchev–Trinajstić information content (AvgIpc) is 3.16. The summed E-state index contributed by atoms with van der Waals surface area (Å²) >= 11 is 0. The number of ether oxygens (including phenoxy) is 1. The maximum Gasteiger partial charge on any atom is 0.304 e. The number of hydrogen-bond acceptors (Lipinski definition) is 8. The van der Waals surface area contributed by atoms with Crippen LogP contribution in [0.15, 0.2) is 42.5 Å². The molecule has 0 aliphatic heterocycles. The molecule has 2 heterocycles. The monoisotopic (exact) mass is 436 g/mol. The molecule has 32 heavy (non-hydrogen) atoms. The number of carbonyl (C=O) groups is 2. The third kappa shape index (κ3) is 3.88. The first-order chi connectivity index (χ1) is 15.4. The number of nitrogens with zero attached hydrogens (tertiary/aromatic N) is 5. The minimum atomic E-state index is -0.885. The molecule has 0 spiro atoms. The number of halogens is 1. The quantitative estimate of drug-likeness (QED) is 0.388. The third-order valence-corrected chi connectivity index (χ3v) is 4.49. The van der Waals surface area contributed by atoms with Crippen LogP contribution < -0.4 is 21.5 Å². The molecule has 0 saturated carbocycles. The van der Waals surface area contributed by atoms with Crippen LogP contribution >= 0.6 is 0 Å². The molecular weight excluding hydrogens is 419 g/mol. The third-order valence-electron chi connectivity index (χ3n) is 4.49. The Hall–Kier alpha value is -4.61. The van der Waals surface area contributed by atoms with E-state index in [1.807, 2.05) is 0 Å². The number of aromatic nitrogens is 5. The topological polar surface area (TPSA) is 164 Å². The number of nitrogens with two attached hydrogens (primary N) is 2. The van der Waals surface area contributed by atoms with Crippen molar-refractivity contribution in [2.24, 2.45) is 11.5 Å². The summed E-state index contributed by atoms with van der Waals surface area (Å²) in [5.74, 6) is -2.28. The van der Waals surface area contributed by atoms with E-state index in [-0.39, 0.29) is 41.4 Å². The highest BCUT2D eigenvalue weighted by Crippen LogP contribution is 2.27. The number of primary amides is 2. The van der Waals surface area contributed by atoms with Crippen LogP contribution in [0.4, 0.5) is 10.3 Å². The number of methoxy groups -OCH3 is 1. The number of fused-ring (bicyclic) bond motifs is 1. The standard InChI is InChI=1S/C20H17FN8O3/c1-32-20-25-14-12(15(22)30)6-3-7-13(14)29(20)19-27-17(16(23)31)26-18(28-19)24-9-10-4-2-5-11(21)8-10/h2-8H,9H2,1H3,(H2,22,30)(H2,23,31)(H,24,26,27,28). The molecule has 0 saturated heterocycles. The number of amides is 2. The molecule has 0 aliphatic rings. The second-order valence-corrected chi connectivity index (χ2v) is 6.60. The first kappa shape index (κ1) is 20.7. The van der Waals surface area contributed by atoms with E-state index >= 15 is 0 Å². The lowest BCUT2D eigenvalue weighted by molar-refractivity contribution is 0.0986. The molecule has 4 rings (SSSR count). The lowest BCUT2D eigenvalue weighted by atomic mass is 10.2. The highest BCUT2D eigenvalue weighted by atomic mass is 19.1. The van der Waals surface area contributed by atoms with Crippen LogP contribution in [-0.2, 0) is 6.54 Å². The van der Waals surface area contributed by atoms with Gasteiger partial charge in [-0.05, 0) is 29.8 Å². The summed E-state index contributed by atoms with van der Waals surface area (Å²) in [6.07, 6.45) is 0. The van der Waals surface area contributed by atoms with E-state index in [1.54, 1.807) is 24.3 Å². The van der Waals surface area contributed by atoms with Crippen LogP contribution in [0.25, 0.3) is 17.0 Å². The van der Waals surface area contributed by atoms with Crippen LogP contribution in [0.2, 0.25) is 0 Å². The summed E-state index contributed by atoms with van der Waals surface area (Å²) in [6.45, 7) is 0.174. The van der Waals surface area contributed by atoms with Crippen LogP contribution in [0.1, 0.15) is 26.5 Å². The molecule has 0 unspecified atom stereocenters. The van der Waals surface area contributed by atoms with Gasteiger partial charge in [-0.3, -0.25) is 9.59 Å². The number of benzene rings is 2. The van der Waals surface area contributed by atoms with Gasteiger partial charge in [0, 0.05) is 6.54 Å². The fourth-order valence-corrected chi connectivity index (χ4v) is 3.09. The van der Waals surface area contributed by atoms with Gasteiger partial charge in [-0.25, -0.2) is 8.96 Å². The Balaban J connectivity index is 1.83. The summed E-state index contributed by atoms with van der Waals surface area (Å²) < 4.78 is 20.2. The first-order valence-corrected chi connectivity index (χ1v) is 9.27. The molecule has 2 aromatic carbocycles. The van der Waals surface area contributed by atoms with E-state index in [9.17, 15) is 14.0 Å². The Morgan fingerprint density at radius 2 is 1.84 bits per heavy atom. The Morgan fingerprint density at radius 3 is 2.53 bits per heavy atom. The SMILES string of the molecule is COc1nc2c(C(N)=O)cccc2n1-c1nc(NCc2cccc(F)c2)nc(C(N)=O)n1. The maximum absolute atomic E-state index is 13.4. The molecule has 0 aliphatic carbocycles. The largest absolute Gasteiger partial charge is 0.468 e. The van der Waals surface area contributed by atoms with Crippen molar-refractivity contribution in [3.63, 3.8) is 0 Å². The molecule has 12 heteroatoms. The molecule has 2 amide bonds. The van der Waals surface area contributed by atoms with Crippen molar-refractivity contribution in [1.82, 2.24) is 24.5 Å². The minimum absolute atomic E-state index is 0.0167. The maximum atomic E-state index is 13.4. The number of hydrogen-bond donors (Lipinski definition) is 3. The Labute approximate surface area is 180 Å². The van der Waals surface area contributed by atoms with Gasteiger partial charge in [-0.1, -0.05) is 18.2 Å². The van der Waals surface area contributed by atoms with Crippen molar-refractivity contribution in [2.75, 3.05) is 12.4 Å². The van der Waals surface area contributed by atoms with E-state index in [4.69, 9.17) is 16.2 Å². The fraction of sp³-hybridized carbons (Fsp3) is 0.100. The predicted octanol–water partition coefficient (Wildman–Crippen LogP) is 1.17. The van der Waals surface area contributed by atoms with Crippen molar-refractivity contribution < 1.29 is 18.7 Å². The molecular formula is C20H17FN8O3. The van der Waals surface area contributed by atoms with E-state index in [0.29, 0.717) is 11.1 Å². The molecule has 0 atom stereocenters. The zero-order valence-corrected chi connectivity index (χ0v) is 16.7. The van der Waals surface area contributed by atoms with Gasteiger partial charge in [0.15, 0.2) is 0 Å². The molecule has 162 valence electrons. The smallest absolute Gasteiger partial charge is 0.304 e. The van der Waals surface area contributed by atoms with Crippen LogP contribution in [-0.4, -0.2) is 43.4 Å². The van der Waals surface area contributed by atoms with Crippen molar-refractivity contribution >= 4 is 28.8 Å². The zero-order valence-electron chi connectivity index (χ0n) is 16.7. The van der Waals surface area contributed by atoms with Gasteiger partial charge in [0.05, 0.1) is 18.2 Å². The zero-order chi connectivity index (χ0) is 22.8. The highest BCUT2D eigenvalue weighted by Gasteiger charge is 2.21. The van der Waals surface area contributed by atoms with E-state index in [2.05, 4.69) is 25.3 Å². The number of imidazole rings is 1.